The van der Waals surface area contributed by atoms with Crippen molar-refractivity contribution in [3.8, 4) is 5.75 Å². The van der Waals surface area contributed by atoms with E-state index in [9.17, 15) is 4.79 Å². The number of hydrogen-bond acceptors (Lipinski definition) is 3. The maximum atomic E-state index is 12.2. The number of amides is 1. The van der Waals surface area contributed by atoms with Crippen LogP contribution in [0.1, 0.15) is 15.9 Å². The second kappa shape index (κ2) is 5.96. The molecule has 2 rings (SSSR count). The molecular formula is C15H15BrN2O2. The van der Waals surface area contributed by atoms with Crippen LogP contribution in [-0.4, -0.2) is 13.0 Å². The van der Waals surface area contributed by atoms with Crippen molar-refractivity contribution < 1.29 is 9.53 Å². The Labute approximate surface area is 126 Å². The predicted molar refractivity (Wildman–Crippen MR) is 84.2 cm³/mol. The van der Waals surface area contributed by atoms with Gasteiger partial charge >= 0.3 is 0 Å². The van der Waals surface area contributed by atoms with Gasteiger partial charge in [-0.25, -0.2) is 0 Å². The lowest BCUT2D eigenvalue weighted by Gasteiger charge is -2.09. The zero-order valence-electron chi connectivity index (χ0n) is 11.2. The lowest BCUT2D eigenvalue weighted by Crippen LogP contribution is -2.12. The fourth-order valence-electron chi connectivity index (χ4n) is 1.86. The average Bonchev–Trinajstić information content (AvgIpc) is 2.39. The summed E-state index contributed by atoms with van der Waals surface area (Å²) in [4.78, 5) is 12.2. The van der Waals surface area contributed by atoms with E-state index in [1.807, 2.05) is 19.1 Å². The first-order valence-electron chi connectivity index (χ1n) is 6.01. The van der Waals surface area contributed by atoms with Crippen LogP contribution in [0, 0.1) is 6.92 Å². The third kappa shape index (κ3) is 3.30. The van der Waals surface area contributed by atoms with Crippen LogP contribution in [0.4, 0.5) is 11.4 Å². The molecule has 20 heavy (non-hydrogen) atoms. The monoisotopic (exact) mass is 334 g/mol. The number of methoxy groups -OCH3 is 1. The number of benzene rings is 2. The number of carbonyl (C=O) groups is 1. The summed E-state index contributed by atoms with van der Waals surface area (Å²) < 4.78 is 6.00. The second-order valence-electron chi connectivity index (χ2n) is 4.43. The molecule has 0 saturated heterocycles. The van der Waals surface area contributed by atoms with Crippen LogP contribution in [0.15, 0.2) is 40.9 Å². The normalized spacial score (nSPS) is 10.2. The molecule has 0 spiro atoms. The minimum absolute atomic E-state index is 0.179. The highest BCUT2D eigenvalue weighted by atomic mass is 79.9. The Hall–Kier alpha value is -2.01. The molecule has 0 saturated carbocycles. The number of ether oxygens (including phenoxy) is 1. The molecule has 1 amide bonds. The molecular weight excluding hydrogens is 320 g/mol. The van der Waals surface area contributed by atoms with E-state index in [1.54, 1.807) is 24.3 Å². The highest BCUT2D eigenvalue weighted by Crippen LogP contribution is 2.25. The first-order chi connectivity index (χ1) is 9.49. The number of aryl methyl sites for hydroxylation is 1. The van der Waals surface area contributed by atoms with E-state index in [1.165, 1.54) is 7.11 Å². The summed E-state index contributed by atoms with van der Waals surface area (Å²) in [5, 5.41) is 2.82. The summed E-state index contributed by atoms with van der Waals surface area (Å²) in [7, 11) is 1.54. The van der Waals surface area contributed by atoms with Gasteiger partial charge in [0.05, 0.1) is 12.8 Å². The lowest BCUT2D eigenvalue weighted by atomic mass is 10.1. The molecule has 0 heterocycles. The van der Waals surface area contributed by atoms with Gasteiger partial charge in [-0.15, -0.1) is 0 Å². The number of rotatable bonds is 3. The van der Waals surface area contributed by atoms with E-state index in [-0.39, 0.29) is 5.91 Å². The van der Waals surface area contributed by atoms with Crippen LogP contribution in [-0.2, 0) is 0 Å². The van der Waals surface area contributed by atoms with Gasteiger partial charge in [-0.1, -0.05) is 15.9 Å². The maximum absolute atomic E-state index is 12.2. The van der Waals surface area contributed by atoms with E-state index >= 15 is 0 Å². The number of halogens is 1. The summed E-state index contributed by atoms with van der Waals surface area (Å²) >= 11 is 3.38. The fourth-order valence-corrected chi connectivity index (χ4v) is 2.47. The van der Waals surface area contributed by atoms with Crippen molar-refractivity contribution in [1.82, 2.24) is 0 Å². The molecule has 0 atom stereocenters. The second-order valence-corrected chi connectivity index (χ2v) is 5.34. The number of nitrogen functional groups attached to an aromatic ring is 1. The van der Waals surface area contributed by atoms with Crippen LogP contribution >= 0.6 is 15.9 Å². The summed E-state index contributed by atoms with van der Waals surface area (Å²) in [5.74, 6) is 0.356. The highest BCUT2D eigenvalue weighted by Gasteiger charge is 2.09. The molecule has 0 fully saturated rings. The number of anilines is 2. The minimum atomic E-state index is -0.179. The van der Waals surface area contributed by atoms with Crippen molar-refractivity contribution in [2.24, 2.45) is 0 Å². The van der Waals surface area contributed by atoms with E-state index in [2.05, 4.69) is 21.2 Å². The Kier molecular flexibility index (Phi) is 4.29. The van der Waals surface area contributed by atoms with Gasteiger partial charge in [0.1, 0.15) is 5.75 Å². The minimum Gasteiger partial charge on any atom is -0.495 e. The number of carbonyl (C=O) groups excluding carboxylic acids is 1. The van der Waals surface area contributed by atoms with E-state index in [0.29, 0.717) is 22.7 Å². The summed E-state index contributed by atoms with van der Waals surface area (Å²) in [6, 6.07) is 10.7. The Morgan fingerprint density at radius 3 is 2.65 bits per heavy atom. The molecule has 0 unspecified atom stereocenters. The Morgan fingerprint density at radius 1 is 1.25 bits per heavy atom. The van der Waals surface area contributed by atoms with E-state index in [4.69, 9.17) is 10.5 Å². The molecule has 0 aliphatic rings. The Balaban J connectivity index is 2.23. The molecule has 5 heteroatoms. The third-order valence-electron chi connectivity index (χ3n) is 2.80. The van der Waals surface area contributed by atoms with Crippen LogP contribution in [0.3, 0.4) is 0 Å². The molecule has 2 aromatic rings. The number of hydrogen-bond donors (Lipinski definition) is 2. The molecule has 0 radical (unpaired) electrons. The zero-order chi connectivity index (χ0) is 14.7. The predicted octanol–water partition coefficient (Wildman–Crippen LogP) is 3.60. The van der Waals surface area contributed by atoms with Crippen molar-refractivity contribution in [3.05, 3.63) is 52.0 Å². The van der Waals surface area contributed by atoms with Crippen molar-refractivity contribution in [2.45, 2.75) is 6.92 Å². The number of nitrogens with one attached hydrogen (secondary N) is 1. The lowest BCUT2D eigenvalue weighted by molar-refractivity contribution is 0.102. The number of nitrogens with two attached hydrogens (primary N) is 1. The Morgan fingerprint density at radius 2 is 2.00 bits per heavy atom. The summed E-state index contributed by atoms with van der Waals surface area (Å²) in [6.07, 6.45) is 0. The topological polar surface area (TPSA) is 64.3 Å². The average molecular weight is 335 g/mol. The van der Waals surface area contributed by atoms with Gasteiger partial charge in [-0.2, -0.15) is 0 Å². The van der Waals surface area contributed by atoms with Crippen molar-refractivity contribution in [3.63, 3.8) is 0 Å². The molecule has 0 aliphatic carbocycles. The molecule has 4 nitrogen and oxygen atoms in total. The maximum Gasteiger partial charge on any atom is 0.255 e. The van der Waals surface area contributed by atoms with Gasteiger partial charge in [0.15, 0.2) is 0 Å². The van der Waals surface area contributed by atoms with Crippen LogP contribution in [0.2, 0.25) is 0 Å². The molecule has 104 valence electrons. The van der Waals surface area contributed by atoms with Gasteiger partial charge in [-0.05, 0) is 42.8 Å². The van der Waals surface area contributed by atoms with Crippen molar-refractivity contribution in [2.75, 3.05) is 18.2 Å². The summed E-state index contributed by atoms with van der Waals surface area (Å²) in [6.45, 7) is 1.94. The molecule has 0 bridgehead atoms. The highest BCUT2D eigenvalue weighted by molar-refractivity contribution is 9.10. The first-order valence-corrected chi connectivity index (χ1v) is 6.81. The zero-order valence-corrected chi connectivity index (χ0v) is 12.8. The quantitative estimate of drug-likeness (QED) is 0.843. The van der Waals surface area contributed by atoms with Crippen LogP contribution < -0.4 is 15.8 Å². The molecule has 0 aromatic heterocycles. The third-order valence-corrected chi connectivity index (χ3v) is 3.25. The van der Waals surface area contributed by atoms with Crippen LogP contribution in [0.5, 0.6) is 5.75 Å². The smallest absolute Gasteiger partial charge is 0.255 e. The van der Waals surface area contributed by atoms with Gasteiger partial charge in [0.2, 0.25) is 0 Å². The largest absolute Gasteiger partial charge is 0.495 e. The summed E-state index contributed by atoms with van der Waals surface area (Å²) in [5.41, 5.74) is 8.51. The van der Waals surface area contributed by atoms with Gasteiger partial charge in [0, 0.05) is 21.8 Å². The van der Waals surface area contributed by atoms with Crippen molar-refractivity contribution >= 4 is 33.2 Å². The van der Waals surface area contributed by atoms with E-state index < -0.39 is 0 Å². The first kappa shape index (κ1) is 14.4. The molecule has 2 aromatic carbocycles. The molecule has 3 N–H and O–H groups in total. The van der Waals surface area contributed by atoms with Gasteiger partial charge in [0.25, 0.3) is 5.91 Å². The van der Waals surface area contributed by atoms with Crippen LogP contribution in [0.25, 0.3) is 0 Å². The molecule has 0 aliphatic heterocycles. The standard InChI is InChI=1S/C15H15BrN2O2/c1-9-5-10(7-11(16)6-9)15(19)18-12-3-4-13(17)14(8-12)20-2/h3-8H,17H2,1-2H3,(H,18,19). The van der Waals surface area contributed by atoms with Gasteiger partial charge in [-0.3, -0.25) is 4.79 Å². The SMILES string of the molecule is COc1cc(NC(=O)c2cc(C)cc(Br)c2)ccc1N. The van der Waals surface area contributed by atoms with E-state index in [0.717, 1.165) is 10.0 Å². The fraction of sp³-hybridized carbons (Fsp3) is 0.133. The Bertz CT molecular complexity index is 636. The van der Waals surface area contributed by atoms with Crippen molar-refractivity contribution in [1.29, 1.82) is 0 Å². The van der Waals surface area contributed by atoms with Gasteiger partial charge < -0.3 is 15.8 Å².